The number of amides is 1. The van der Waals surface area contributed by atoms with Crippen LogP contribution >= 0.6 is 0 Å². The van der Waals surface area contributed by atoms with E-state index in [1.54, 1.807) is 0 Å². The Morgan fingerprint density at radius 1 is 1.19 bits per heavy atom. The summed E-state index contributed by atoms with van der Waals surface area (Å²) in [5, 5.41) is 3.11. The second kappa shape index (κ2) is 6.48. The summed E-state index contributed by atoms with van der Waals surface area (Å²) in [6.45, 7) is 8.42. The molecule has 4 atom stereocenters. The maximum absolute atomic E-state index is 12.5. The van der Waals surface area contributed by atoms with Crippen LogP contribution in [0.3, 0.4) is 0 Å². The van der Waals surface area contributed by atoms with Gasteiger partial charge in [0, 0.05) is 17.8 Å². The molecule has 1 aromatic carbocycles. The van der Waals surface area contributed by atoms with E-state index in [2.05, 4.69) is 24.1 Å². The molecule has 1 aliphatic rings. The molecule has 116 valence electrons. The molecule has 1 aliphatic heterocycles. The minimum absolute atomic E-state index is 0.00577. The van der Waals surface area contributed by atoms with Gasteiger partial charge in [0.2, 0.25) is 5.91 Å². The lowest BCUT2D eigenvalue weighted by Crippen LogP contribution is -2.49. The molecule has 4 nitrogen and oxygen atoms in total. The van der Waals surface area contributed by atoms with Crippen LogP contribution in [0, 0.1) is 0 Å². The second-order valence-corrected chi connectivity index (χ2v) is 6.30. The van der Waals surface area contributed by atoms with Gasteiger partial charge >= 0.3 is 0 Å². The van der Waals surface area contributed by atoms with Crippen LogP contribution < -0.4 is 11.1 Å². The Hall–Kier alpha value is -1.55. The average molecular weight is 289 g/mol. The zero-order chi connectivity index (χ0) is 15.6. The first-order valence-electron chi connectivity index (χ1n) is 7.83. The predicted octanol–water partition coefficient (Wildman–Crippen LogP) is 2.71. The van der Waals surface area contributed by atoms with Crippen LogP contribution in [0.2, 0.25) is 0 Å². The lowest BCUT2D eigenvalue weighted by molar-refractivity contribution is -0.127. The van der Waals surface area contributed by atoms with Gasteiger partial charge in [-0.05, 0) is 58.2 Å². The number of benzene rings is 1. The van der Waals surface area contributed by atoms with Gasteiger partial charge in [0.25, 0.3) is 0 Å². The van der Waals surface area contributed by atoms with Crippen molar-refractivity contribution in [1.29, 1.82) is 0 Å². The number of likely N-dealkylation sites (tertiary alicyclic amines) is 1. The summed E-state index contributed by atoms with van der Waals surface area (Å²) in [6.07, 6.45) is 2.35. The number of nitrogens with one attached hydrogen (secondary N) is 1. The third kappa shape index (κ3) is 3.56. The second-order valence-electron chi connectivity index (χ2n) is 6.30. The van der Waals surface area contributed by atoms with Crippen molar-refractivity contribution < 1.29 is 4.79 Å². The van der Waals surface area contributed by atoms with E-state index in [0.29, 0.717) is 12.1 Å². The lowest BCUT2D eigenvalue weighted by atomic mass is 10.1. The molecule has 0 aromatic heterocycles. The van der Waals surface area contributed by atoms with Crippen molar-refractivity contribution in [2.45, 2.75) is 64.7 Å². The molecule has 0 saturated carbocycles. The number of carbonyl (C=O) groups is 1. The Kier molecular flexibility index (Phi) is 4.88. The van der Waals surface area contributed by atoms with Gasteiger partial charge in [-0.3, -0.25) is 9.69 Å². The molecule has 1 heterocycles. The lowest BCUT2D eigenvalue weighted by Gasteiger charge is -2.32. The van der Waals surface area contributed by atoms with Crippen molar-refractivity contribution >= 4 is 11.6 Å². The first-order chi connectivity index (χ1) is 9.90. The van der Waals surface area contributed by atoms with E-state index in [9.17, 15) is 4.79 Å². The zero-order valence-corrected chi connectivity index (χ0v) is 13.5. The fourth-order valence-corrected chi connectivity index (χ4v) is 3.32. The average Bonchev–Trinajstić information content (AvgIpc) is 2.78. The molecule has 1 saturated heterocycles. The number of anilines is 1. The standard InChI is InChI=1S/C17H27N3O/c1-11-5-6-12(2)20(11)14(4)17(21)19-13(3)15-7-9-16(18)10-8-15/h7-14H,5-6,18H2,1-4H3,(H,19,21). The van der Waals surface area contributed by atoms with Crippen molar-refractivity contribution in [2.75, 3.05) is 5.73 Å². The Labute approximate surface area is 127 Å². The first-order valence-corrected chi connectivity index (χ1v) is 7.83. The highest BCUT2D eigenvalue weighted by Gasteiger charge is 2.34. The van der Waals surface area contributed by atoms with Gasteiger partial charge in [0.05, 0.1) is 12.1 Å². The highest BCUT2D eigenvalue weighted by atomic mass is 16.2. The summed E-state index contributed by atoms with van der Waals surface area (Å²) in [4.78, 5) is 14.8. The number of carbonyl (C=O) groups excluding carboxylic acids is 1. The smallest absolute Gasteiger partial charge is 0.237 e. The largest absolute Gasteiger partial charge is 0.399 e. The van der Waals surface area contributed by atoms with E-state index in [1.807, 2.05) is 38.1 Å². The molecule has 21 heavy (non-hydrogen) atoms. The van der Waals surface area contributed by atoms with Crippen molar-refractivity contribution in [1.82, 2.24) is 10.2 Å². The molecule has 1 amide bonds. The number of hydrogen-bond donors (Lipinski definition) is 2. The van der Waals surface area contributed by atoms with Crippen LogP contribution in [0.5, 0.6) is 0 Å². The van der Waals surface area contributed by atoms with Gasteiger partial charge in [-0.25, -0.2) is 0 Å². The fourth-order valence-electron chi connectivity index (χ4n) is 3.32. The summed E-state index contributed by atoms with van der Waals surface area (Å²) in [7, 11) is 0. The number of nitrogens with two attached hydrogens (primary N) is 1. The normalized spacial score (nSPS) is 25.5. The number of nitrogen functional groups attached to an aromatic ring is 1. The van der Waals surface area contributed by atoms with E-state index in [0.717, 1.165) is 11.3 Å². The summed E-state index contributed by atoms with van der Waals surface area (Å²) in [5.41, 5.74) is 7.51. The molecule has 2 rings (SSSR count). The highest BCUT2D eigenvalue weighted by molar-refractivity contribution is 5.81. The maximum atomic E-state index is 12.5. The highest BCUT2D eigenvalue weighted by Crippen LogP contribution is 2.26. The van der Waals surface area contributed by atoms with Gasteiger partial charge in [-0.15, -0.1) is 0 Å². The van der Waals surface area contributed by atoms with Gasteiger partial charge in [-0.2, -0.15) is 0 Å². The van der Waals surface area contributed by atoms with Crippen molar-refractivity contribution in [2.24, 2.45) is 0 Å². The Morgan fingerprint density at radius 2 is 1.71 bits per heavy atom. The molecule has 0 radical (unpaired) electrons. The summed E-state index contributed by atoms with van der Waals surface area (Å²) >= 11 is 0. The Bertz CT molecular complexity index is 475. The molecule has 1 fully saturated rings. The maximum Gasteiger partial charge on any atom is 0.237 e. The molecule has 0 bridgehead atoms. The van der Waals surface area contributed by atoms with Crippen LogP contribution in [0.4, 0.5) is 5.69 Å². The van der Waals surface area contributed by atoms with Gasteiger partial charge < -0.3 is 11.1 Å². The van der Waals surface area contributed by atoms with Crippen LogP contribution in [0.1, 0.15) is 52.1 Å². The van der Waals surface area contributed by atoms with E-state index in [-0.39, 0.29) is 18.0 Å². The van der Waals surface area contributed by atoms with Gasteiger partial charge in [0.15, 0.2) is 0 Å². The summed E-state index contributed by atoms with van der Waals surface area (Å²) in [6, 6.07) is 8.53. The third-order valence-electron chi connectivity index (χ3n) is 4.64. The summed E-state index contributed by atoms with van der Waals surface area (Å²) in [5.74, 6) is 0.0972. The van der Waals surface area contributed by atoms with E-state index in [4.69, 9.17) is 5.73 Å². The fraction of sp³-hybridized carbons (Fsp3) is 0.588. The molecule has 1 aromatic rings. The molecule has 0 aliphatic carbocycles. The van der Waals surface area contributed by atoms with Gasteiger partial charge in [0.1, 0.15) is 0 Å². The number of rotatable bonds is 4. The van der Waals surface area contributed by atoms with Gasteiger partial charge in [-0.1, -0.05) is 12.1 Å². The quantitative estimate of drug-likeness (QED) is 0.838. The SMILES string of the molecule is CC(NC(=O)C(C)N1C(C)CCC1C)c1ccc(N)cc1. The van der Waals surface area contributed by atoms with Crippen LogP contribution in [-0.2, 0) is 4.79 Å². The van der Waals surface area contributed by atoms with Crippen LogP contribution in [-0.4, -0.2) is 28.9 Å². The molecule has 4 unspecified atom stereocenters. The monoisotopic (exact) mass is 289 g/mol. The first kappa shape index (κ1) is 15.8. The predicted molar refractivity (Wildman–Crippen MR) is 86.9 cm³/mol. The van der Waals surface area contributed by atoms with Crippen LogP contribution in [0.25, 0.3) is 0 Å². The van der Waals surface area contributed by atoms with E-state index < -0.39 is 0 Å². The number of hydrogen-bond acceptors (Lipinski definition) is 3. The van der Waals surface area contributed by atoms with E-state index >= 15 is 0 Å². The van der Waals surface area contributed by atoms with E-state index in [1.165, 1.54) is 12.8 Å². The van der Waals surface area contributed by atoms with Crippen LogP contribution in [0.15, 0.2) is 24.3 Å². The van der Waals surface area contributed by atoms with Crippen molar-refractivity contribution in [3.05, 3.63) is 29.8 Å². The third-order valence-corrected chi connectivity index (χ3v) is 4.64. The number of nitrogens with zero attached hydrogens (tertiary/aromatic N) is 1. The Morgan fingerprint density at radius 3 is 2.24 bits per heavy atom. The molecule has 4 heteroatoms. The Balaban J connectivity index is 1.98. The minimum Gasteiger partial charge on any atom is -0.399 e. The zero-order valence-electron chi connectivity index (χ0n) is 13.5. The molecule has 0 spiro atoms. The van der Waals surface area contributed by atoms with Crippen molar-refractivity contribution in [3.63, 3.8) is 0 Å². The molecule has 3 N–H and O–H groups in total. The summed E-state index contributed by atoms with van der Waals surface area (Å²) < 4.78 is 0. The molecular weight excluding hydrogens is 262 g/mol. The topological polar surface area (TPSA) is 58.4 Å². The minimum atomic E-state index is -0.0891. The van der Waals surface area contributed by atoms with Crippen molar-refractivity contribution in [3.8, 4) is 0 Å². The molecular formula is C17H27N3O.